The van der Waals surface area contributed by atoms with Gasteiger partial charge in [0.1, 0.15) is 5.82 Å². The normalized spacial score (nSPS) is 12.3. The van der Waals surface area contributed by atoms with Crippen molar-refractivity contribution < 1.29 is 26.3 Å². The summed E-state index contributed by atoms with van der Waals surface area (Å²) in [4.78, 5) is 0. The van der Waals surface area contributed by atoms with E-state index in [0.717, 1.165) is 0 Å². The summed E-state index contributed by atoms with van der Waals surface area (Å²) in [5.41, 5.74) is -2.38. The number of benzene rings is 1. The van der Waals surface area contributed by atoms with Crippen molar-refractivity contribution in [3.63, 3.8) is 0 Å². The molecule has 0 N–H and O–H groups in total. The van der Waals surface area contributed by atoms with Crippen LogP contribution in [0.1, 0.15) is 17.6 Å². The van der Waals surface area contributed by atoms with Crippen LogP contribution in [0, 0.1) is 5.82 Å². The molecular weight excluding hydrogens is 290 g/mol. The standard InChI is InChI=1S/C8H3BrF6/c9-5-4(8(13,14)15)2-1-3(6(5)10)7(11)12/h1-2,7H. The Morgan fingerprint density at radius 1 is 1.13 bits per heavy atom. The lowest BCUT2D eigenvalue weighted by molar-refractivity contribution is -0.138. The zero-order chi connectivity index (χ0) is 11.8. The minimum atomic E-state index is -4.78. The zero-order valence-electron chi connectivity index (χ0n) is 6.88. The minimum absolute atomic E-state index is 0.411. The van der Waals surface area contributed by atoms with Crippen LogP contribution >= 0.6 is 15.9 Å². The summed E-state index contributed by atoms with van der Waals surface area (Å²) in [6.07, 6.45) is -7.93. The van der Waals surface area contributed by atoms with E-state index in [1.165, 1.54) is 0 Å². The van der Waals surface area contributed by atoms with E-state index in [0.29, 0.717) is 12.1 Å². The average molecular weight is 293 g/mol. The molecule has 0 spiro atoms. The maximum absolute atomic E-state index is 13.0. The maximum Gasteiger partial charge on any atom is 0.417 e. The molecule has 0 unspecified atom stereocenters. The lowest BCUT2D eigenvalue weighted by atomic mass is 10.1. The maximum atomic E-state index is 13.0. The highest BCUT2D eigenvalue weighted by Crippen LogP contribution is 2.38. The Bertz CT molecular complexity index is 370. The predicted molar refractivity (Wildman–Crippen MR) is 44.1 cm³/mol. The Labute approximate surface area is 89.0 Å². The summed E-state index contributed by atoms with van der Waals surface area (Å²) in [6.45, 7) is 0. The fraction of sp³-hybridized carbons (Fsp3) is 0.250. The van der Waals surface area contributed by atoms with Gasteiger partial charge in [-0.05, 0) is 28.1 Å². The summed E-state index contributed by atoms with van der Waals surface area (Å²) in [5, 5.41) is 0. The van der Waals surface area contributed by atoms with Crippen molar-refractivity contribution in [1.82, 2.24) is 0 Å². The Morgan fingerprint density at radius 3 is 2.07 bits per heavy atom. The van der Waals surface area contributed by atoms with Crippen LogP contribution in [0.25, 0.3) is 0 Å². The summed E-state index contributed by atoms with van der Waals surface area (Å²) in [7, 11) is 0. The lowest BCUT2D eigenvalue weighted by Crippen LogP contribution is -2.08. The molecule has 0 nitrogen and oxygen atoms in total. The molecule has 0 radical (unpaired) electrons. The fourth-order valence-corrected chi connectivity index (χ4v) is 1.54. The second-order valence-electron chi connectivity index (χ2n) is 2.63. The van der Waals surface area contributed by atoms with Crippen LogP contribution in [0.5, 0.6) is 0 Å². The molecule has 0 aliphatic heterocycles. The number of hydrogen-bond acceptors (Lipinski definition) is 0. The van der Waals surface area contributed by atoms with E-state index in [1.807, 2.05) is 0 Å². The van der Waals surface area contributed by atoms with Gasteiger partial charge in [-0.1, -0.05) is 0 Å². The topological polar surface area (TPSA) is 0 Å². The number of halogens is 7. The zero-order valence-corrected chi connectivity index (χ0v) is 8.46. The van der Waals surface area contributed by atoms with Crippen molar-refractivity contribution >= 4 is 15.9 Å². The van der Waals surface area contributed by atoms with Crippen molar-refractivity contribution in [1.29, 1.82) is 0 Å². The smallest absolute Gasteiger partial charge is 0.205 e. The quantitative estimate of drug-likeness (QED) is 0.667. The average Bonchev–Trinajstić information content (AvgIpc) is 2.06. The fourth-order valence-electron chi connectivity index (χ4n) is 0.952. The molecule has 0 saturated carbocycles. The van der Waals surface area contributed by atoms with Crippen LogP contribution in [0.15, 0.2) is 16.6 Å². The Balaban J connectivity index is 3.34. The predicted octanol–water partition coefficient (Wildman–Crippen LogP) is 4.54. The molecule has 1 aromatic rings. The van der Waals surface area contributed by atoms with Gasteiger partial charge in [-0.15, -0.1) is 0 Å². The van der Waals surface area contributed by atoms with E-state index < -0.39 is 34.0 Å². The summed E-state index contributed by atoms with van der Waals surface area (Å²) < 4.78 is 72.7. The van der Waals surface area contributed by atoms with Gasteiger partial charge in [0.15, 0.2) is 0 Å². The van der Waals surface area contributed by atoms with Gasteiger partial charge < -0.3 is 0 Å². The molecule has 0 aromatic heterocycles. The van der Waals surface area contributed by atoms with Gasteiger partial charge in [-0.3, -0.25) is 0 Å². The van der Waals surface area contributed by atoms with E-state index in [-0.39, 0.29) is 0 Å². The first-order chi connectivity index (χ1) is 6.75. The van der Waals surface area contributed by atoms with Gasteiger partial charge in [0.2, 0.25) is 0 Å². The van der Waals surface area contributed by atoms with Gasteiger partial charge in [0.05, 0.1) is 15.6 Å². The number of hydrogen-bond donors (Lipinski definition) is 0. The van der Waals surface area contributed by atoms with E-state index in [2.05, 4.69) is 15.9 Å². The summed E-state index contributed by atoms with van der Waals surface area (Å²) >= 11 is 2.31. The Hall–Kier alpha value is -0.720. The second kappa shape index (κ2) is 4.03. The highest BCUT2D eigenvalue weighted by molar-refractivity contribution is 9.10. The van der Waals surface area contributed by atoms with Crippen LogP contribution in [0.3, 0.4) is 0 Å². The van der Waals surface area contributed by atoms with Gasteiger partial charge in [0, 0.05) is 0 Å². The SMILES string of the molecule is Fc1c(C(F)F)ccc(C(F)(F)F)c1Br. The van der Waals surface area contributed by atoms with Crippen molar-refractivity contribution in [3.8, 4) is 0 Å². The molecule has 0 saturated heterocycles. The lowest BCUT2D eigenvalue weighted by Gasteiger charge is -2.11. The third-order valence-electron chi connectivity index (χ3n) is 1.65. The van der Waals surface area contributed by atoms with Crippen molar-refractivity contribution in [3.05, 3.63) is 33.5 Å². The first-order valence-electron chi connectivity index (χ1n) is 3.58. The van der Waals surface area contributed by atoms with Gasteiger partial charge in [-0.2, -0.15) is 13.2 Å². The molecule has 0 heterocycles. The minimum Gasteiger partial charge on any atom is -0.205 e. The molecule has 15 heavy (non-hydrogen) atoms. The molecule has 1 aromatic carbocycles. The first kappa shape index (κ1) is 12.4. The van der Waals surface area contributed by atoms with Crippen molar-refractivity contribution in [2.45, 2.75) is 12.6 Å². The van der Waals surface area contributed by atoms with E-state index in [1.54, 1.807) is 0 Å². The van der Waals surface area contributed by atoms with E-state index in [4.69, 9.17) is 0 Å². The Morgan fingerprint density at radius 2 is 1.67 bits per heavy atom. The second-order valence-corrected chi connectivity index (χ2v) is 3.42. The van der Waals surface area contributed by atoms with Crippen LogP contribution in [0.2, 0.25) is 0 Å². The molecule has 0 fully saturated rings. The molecule has 0 aliphatic rings. The molecule has 0 aliphatic carbocycles. The molecule has 7 heteroatoms. The van der Waals surface area contributed by atoms with Crippen molar-refractivity contribution in [2.75, 3.05) is 0 Å². The van der Waals surface area contributed by atoms with Crippen molar-refractivity contribution in [2.24, 2.45) is 0 Å². The molecule has 0 bridgehead atoms. The Kier molecular flexibility index (Phi) is 3.32. The van der Waals surface area contributed by atoms with Gasteiger partial charge >= 0.3 is 6.18 Å². The van der Waals surface area contributed by atoms with E-state index in [9.17, 15) is 26.3 Å². The number of alkyl halides is 5. The molecule has 84 valence electrons. The largest absolute Gasteiger partial charge is 0.417 e. The first-order valence-corrected chi connectivity index (χ1v) is 4.37. The van der Waals surface area contributed by atoms with Gasteiger partial charge in [-0.25, -0.2) is 13.2 Å². The van der Waals surface area contributed by atoms with Crippen LogP contribution in [-0.2, 0) is 6.18 Å². The number of rotatable bonds is 1. The third-order valence-corrected chi connectivity index (χ3v) is 2.43. The summed E-state index contributed by atoms with van der Waals surface area (Å²) in [5.74, 6) is -1.58. The van der Waals surface area contributed by atoms with Crippen LogP contribution in [-0.4, -0.2) is 0 Å². The van der Waals surface area contributed by atoms with Crippen LogP contribution in [0.4, 0.5) is 26.3 Å². The highest BCUT2D eigenvalue weighted by Gasteiger charge is 2.35. The highest BCUT2D eigenvalue weighted by atomic mass is 79.9. The van der Waals surface area contributed by atoms with Crippen LogP contribution < -0.4 is 0 Å². The molecule has 0 atom stereocenters. The monoisotopic (exact) mass is 292 g/mol. The molecule has 1 rings (SSSR count). The summed E-state index contributed by atoms with van der Waals surface area (Å²) in [6, 6.07) is 0.836. The molecular formula is C8H3BrF6. The third kappa shape index (κ3) is 2.45. The molecule has 0 amide bonds. The van der Waals surface area contributed by atoms with E-state index >= 15 is 0 Å². The van der Waals surface area contributed by atoms with Gasteiger partial charge in [0.25, 0.3) is 6.43 Å².